The molecule has 0 saturated heterocycles. The zero-order valence-corrected chi connectivity index (χ0v) is 13.1. The van der Waals surface area contributed by atoms with Gasteiger partial charge in [0.25, 0.3) is 0 Å². The maximum atomic E-state index is 10.5. The molecule has 1 N–H and O–H groups in total. The van der Waals surface area contributed by atoms with E-state index in [9.17, 15) is 5.11 Å². The van der Waals surface area contributed by atoms with Gasteiger partial charge in [0.2, 0.25) is 0 Å². The minimum atomic E-state index is -0.715. The van der Waals surface area contributed by atoms with Crippen LogP contribution in [-0.2, 0) is 0 Å². The fourth-order valence-electron chi connectivity index (χ4n) is 1.76. The Bertz CT molecular complexity index is 553. The van der Waals surface area contributed by atoms with Crippen molar-refractivity contribution in [1.82, 2.24) is 0 Å². The maximum absolute atomic E-state index is 10.5. The third-order valence-corrected chi connectivity index (χ3v) is 4.12. The van der Waals surface area contributed by atoms with Gasteiger partial charge in [-0.25, -0.2) is 0 Å². The van der Waals surface area contributed by atoms with E-state index in [1.165, 1.54) is 11.3 Å². The van der Waals surface area contributed by atoms with Crippen LogP contribution >= 0.6 is 27.3 Å². The SMILES string of the molecule is CCOc1ccc(Br)cc1C(O)c1cc(OC)cs1. The third-order valence-electron chi connectivity index (χ3n) is 2.67. The van der Waals surface area contributed by atoms with Crippen LogP contribution in [0.1, 0.15) is 23.5 Å². The van der Waals surface area contributed by atoms with Crippen LogP contribution in [0.4, 0.5) is 0 Å². The summed E-state index contributed by atoms with van der Waals surface area (Å²) in [6.45, 7) is 2.49. The van der Waals surface area contributed by atoms with Crippen molar-refractivity contribution in [2.45, 2.75) is 13.0 Å². The zero-order valence-electron chi connectivity index (χ0n) is 10.7. The fourth-order valence-corrected chi connectivity index (χ4v) is 2.99. The number of hydrogen-bond acceptors (Lipinski definition) is 4. The van der Waals surface area contributed by atoms with E-state index in [2.05, 4.69) is 15.9 Å². The normalized spacial score (nSPS) is 12.2. The van der Waals surface area contributed by atoms with Gasteiger partial charge in [0.15, 0.2) is 0 Å². The van der Waals surface area contributed by atoms with Crippen molar-refractivity contribution < 1.29 is 14.6 Å². The third kappa shape index (κ3) is 3.29. The van der Waals surface area contributed by atoms with Crippen LogP contribution in [0.2, 0.25) is 0 Å². The van der Waals surface area contributed by atoms with Crippen LogP contribution in [0.5, 0.6) is 11.5 Å². The summed E-state index contributed by atoms with van der Waals surface area (Å²) < 4.78 is 11.6. The van der Waals surface area contributed by atoms with Crippen molar-refractivity contribution in [3.63, 3.8) is 0 Å². The minimum Gasteiger partial charge on any atom is -0.496 e. The summed E-state index contributed by atoms with van der Waals surface area (Å²) in [5, 5.41) is 12.4. The largest absolute Gasteiger partial charge is 0.496 e. The molecule has 19 heavy (non-hydrogen) atoms. The van der Waals surface area contributed by atoms with E-state index in [0.717, 1.165) is 20.7 Å². The van der Waals surface area contributed by atoms with Crippen LogP contribution in [0.3, 0.4) is 0 Å². The first-order valence-electron chi connectivity index (χ1n) is 5.88. The quantitative estimate of drug-likeness (QED) is 0.892. The number of hydrogen-bond donors (Lipinski definition) is 1. The van der Waals surface area contributed by atoms with Gasteiger partial charge >= 0.3 is 0 Å². The first-order valence-corrected chi connectivity index (χ1v) is 7.55. The average Bonchev–Trinajstić information content (AvgIpc) is 2.89. The molecular weight excluding hydrogens is 328 g/mol. The molecule has 1 heterocycles. The Kier molecular flexibility index (Phi) is 4.85. The van der Waals surface area contributed by atoms with Gasteiger partial charge in [-0.2, -0.15) is 0 Å². The van der Waals surface area contributed by atoms with Gasteiger partial charge in [0, 0.05) is 20.3 Å². The lowest BCUT2D eigenvalue weighted by Crippen LogP contribution is -2.02. The molecule has 2 rings (SSSR count). The van der Waals surface area contributed by atoms with Gasteiger partial charge in [-0.05, 0) is 31.2 Å². The number of ether oxygens (including phenoxy) is 2. The van der Waals surface area contributed by atoms with Crippen molar-refractivity contribution in [3.05, 3.63) is 44.6 Å². The van der Waals surface area contributed by atoms with Crippen LogP contribution in [-0.4, -0.2) is 18.8 Å². The Morgan fingerprint density at radius 1 is 1.37 bits per heavy atom. The molecule has 0 fully saturated rings. The summed E-state index contributed by atoms with van der Waals surface area (Å²) in [4.78, 5) is 0.830. The second-order valence-electron chi connectivity index (χ2n) is 3.91. The smallest absolute Gasteiger partial charge is 0.129 e. The summed E-state index contributed by atoms with van der Waals surface area (Å²) in [7, 11) is 1.61. The van der Waals surface area contributed by atoms with Crippen LogP contribution in [0.25, 0.3) is 0 Å². The number of benzene rings is 1. The standard InChI is InChI=1S/C14H15BrO3S/c1-3-18-12-5-4-9(15)6-11(12)14(16)13-7-10(17-2)8-19-13/h4-8,14,16H,3H2,1-2H3. The zero-order chi connectivity index (χ0) is 13.8. The summed E-state index contributed by atoms with van der Waals surface area (Å²) >= 11 is 4.88. The van der Waals surface area contributed by atoms with E-state index in [1.54, 1.807) is 7.11 Å². The molecular formula is C14H15BrO3S. The number of rotatable bonds is 5. The molecule has 1 atom stereocenters. The van der Waals surface area contributed by atoms with Crippen molar-refractivity contribution in [1.29, 1.82) is 0 Å². The van der Waals surface area contributed by atoms with Crippen LogP contribution < -0.4 is 9.47 Å². The summed E-state index contributed by atoms with van der Waals surface area (Å²) in [5.74, 6) is 1.46. The number of methoxy groups -OCH3 is 1. The lowest BCUT2D eigenvalue weighted by Gasteiger charge is -2.15. The lowest BCUT2D eigenvalue weighted by molar-refractivity contribution is 0.215. The Balaban J connectivity index is 2.36. The first-order chi connectivity index (χ1) is 9.15. The van der Waals surface area contributed by atoms with Crippen LogP contribution in [0.15, 0.2) is 34.1 Å². The monoisotopic (exact) mass is 342 g/mol. The molecule has 102 valence electrons. The molecule has 1 unspecified atom stereocenters. The van der Waals surface area contributed by atoms with Crippen molar-refractivity contribution in [2.75, 3.05) is 13.7 Å². The van der Waals surface area contributed by atoms with E-state index in [1.807, 2.05) is 36.6 Å². The molecule has 0 amide bonds. The number of thiophene rings is 1. The van der Waals surface area contributed by atoms with Crippen LogP contribution in [0, 0.1) is 0 Å². The van der Waals surface area contributed by atoms with Gasteiger partial charge < -0.3 is 14.6 Å². The molecule has 0 aliphatic rings. The summed E-state index contributed by atoms with van der Waals surface area (Å²) in [6.07, 6.45) is -0.715. The predicted octanol–water partition coefficient (Wildman–Crippen LogP) is 4.00. The van der Waals surface area contributed by atoms with Gasteiger partial charge in [0.05, 0.1) is 13.7 Å². The second-order valence-corrected chi connectivity index (χ2v) is 5.77. The molecule has 0 saturated carbocycles. The number of aliphatic hydroxyl groups excluding tert-OH is 1. The van der Waals surface area contributed by atoms with E-state index < -0.39 is 6.10 Å². The molecule has 3 nitrogen and oxygen atoms in total. The van der Waals surface area contributed by atoms with Crippen molar-refractivity contribution in [3.8, 4) is 11.5 Å². The van der Waals surface area contributed by atoms with E-state index >= 15 is 0 Å². The molecule has 0 radical (unpaired) electrons. The molecule has 5 heteroatoms. The van der Waals surface area contributed by atoms with Gasteiger partial charge in [-0.3, -0.25) is 0 Å². The van der Waals surface area contributed by atoms with Gasteiger partial charge in [0.1, 0.15) is 17.6 Å². The second kappa shape index (κ2) is 6.41. The molecule has 1 aromatic heterocycles. The Hall–Kier alpha value is -1.04. The highest BCUT2D eigenvalue weighted by molar-refractivity contribution is 9.10. The summed E-state index contributed by atoms with van der Waals surface area (Å²) in [5.41, 5.74) is 0.751. The highest BCUT2D eigenvalue weighted by atomic mass is 79.9. The molecule has 1 aromatic carbocycles. The molecule has 0 spiro atoms. The Morgan fingerprint density at radius 3 is 2.79 bits per heavy atom. The van der Waals surface area contributed by atoms with E-state index in [4.69, 9.17) is 9.47 Å². The Labute approximate surface area is 124 Å². The van der Waals surface area contributed by atoms with Gasteiger partial charge in [-0.1, -0.05) is 15.9 Å². The molecule has 0 aliphatic carbocycles. The topological polar surface area (TPSA) is 38.7 Å². The number of halogens is 1. The van der Waals surface area contributed by atoms with Crippen molar-refractivity contribution >= 4 is 27.3 Å². The molecule has 0 aliphatic heterocycles. The fraction of sp³-hybridized carbons (Fsp3) is 0.286. The number of aliphatic hydroxyl groups is 1. The van der Waals surface area contributed by atoms with Gasteiger partial charge in [-0.15, -0.1) is 11.3 Å². The minimum absolute atomic E-state index is 0.565. The highest BCUT2D eigenvalue weighted by Gasteiger charge is 2.18. The summed E-state index contributed by atoms with van der Waals surface area (Å²) in [6, 6.07) is 7.47. The van der Waals surface area contributed by atoms with E-state index in [0.29, 0.717) is 12.4 Å². The maximum Gasteiger partial charge on any atom is 0.129 e. The highest BCUT2D eigenvalue weighted by Crippen LogP contribution is 2.36. The molecule has 2 aromatic rings. The Morgan fingerprint density at radius 2 is 2.16 bits per heavy atom. The predicted molar refractivity (Wildman–Crippen MR) is 80.2 cm³/mol. The van der Waals surface area contributed by atoms with E-state index in [-0.39, 0.29) is 0 Å². The lowest BCUT2D eigenvalue weighted by atomic mass is 10.1. The first kappa shape index (κ1) is 14.4. The van der Waals surface area contributed by atoms with Crippen molar-refractivity contribution in [2.24, 2.45) is 0 Å². The molecule has 0 bridgehead atoms. The average molecular weight is 343 g/mol.